The van der Waals surface area contributed by atoms with E-state index in [9.17, 15) is 9.90 Å². The molecule has 0 aliphatic heterocycles. The Hall–Kier alpha value is -3.43. The molecule has 0 amide bonds. The number of nitrogens with one attached hydrogen (secondary N) is 2. The van der Waals surface area contributed by atoms with E-state index in [2.05, 4.69) is 25.6 Å². The summed E-state index contributed by atoms with van der Waals surface area (Å²) in [5.74, 6) is 1.41. The number of methoxy groups -OCH3 is 1. The molecule has 1 fully saturated rings. The first kappa shape index (κ1) is 21.4. The van der Waals surface area contributed by atoms with Crippen molar-refractivity contribution in [2.75, 3.05) is 19.0 Å². The molecule has 0 saturated heterocycles. The van der Waals surface area contributed by atoms with Crippen LogP contribution in [0, 0.1) is 5.41 Å². The number of halogens is 1. The number of hydrogen-bond acceptors (Lipinski definition) is 7. The van der Waals surface area contributed by atoms with Crippen molar-refractivity contribution in [3.05, 3.63) is 47.1 Å². The Balaban J connectivity index is 1.41. The molecular formula is C23H23ClN6O3. The standard InChI is InChI=1S/C23H23ClN6O3/c1-30-22(26-17-6-5-16-15(20(17)24)11-25-28-16)27-21(29-30)13-3-4-14(19(9-13)33-2)18(32)10-23(12-31)7-8-23/h3-6,9,11,31H,7-8,10,12H2,1-2H3,(H,25,28)(H,26,27,29). The first-order chi connectivity index (χ1) is 15.9. The second-order valence-corrected chi connectivity index (χ2v) is 8.82. The maximum Gasteiger partial charge on any atom is 0.225 e. The second-order valence-electron chi connectivity index (χ2n) is 8.44. The van der Waals surface area contributed by atoms with Gasteiger partial charge in [0.15, 0.2) is 11.6 Å². The number of aromatic amines is 1. The zero-order valence-electron chi connectivity index (χ0n) is 18.2. The number of anilines is 2. The number of ether oxygens (including phenoxy) is 1. The fourth-order valence-electron chi connectivity index (χ4n) is 3.88. The first-order valence-electron chi connectivity index (χ1n) is 10.6. The molecule has 1 aliphatic carbocycles. The molecule has 5 rings (SSSR count). The van der Waals surface area contributed by atoms with Gasteiger partial charge in [-0.2, -0.15) is 10.1 Å². The molecule has 1 saturated carbocycles. The average Bonchev–Trinajstić information content (AvgIpc) is 3.24. The van der Waals surface area contributed by atoms with E-state index in [-0.39, 0.29) is 17.8 Å². The first-order valence-corrected chi connectivity index (χ1v) is 10.9. The number of aromatic nitrogens is 5. The van der Waals surface area contributed by atoms with Crippen LogP contribution < -0.4 is 10.1 Å². The van der Waals surface area contributed by atoms with Gasteiger partial charge in [-0.25, -0.2) is 4.68 Å². The zero-order valence-corrected chi connectivity index (χ0v) is 19.0. The van der Waals surface area contributed by atoms with E-state index < -0.39 is 0 Å². The number of benzene rings is 2. The van der Waals surface area contributed by atoms with Gasteiger partial charge in [-0.3, -0.25) is 9.89 Å². The van der Waals surface area contributed by atoms with Gasteiger partial charge in [-0.15, -0.1) is 5.10 Å². The summed E-state index contributed by atoms with van der Waals surface area (Å²) in [6, 6.07) is 9.03. The number of Topliss-reactive ketones (excluding diaryl/α,β-unsaturated/α-hetero) is 1. The van der Waals surface area contributed by atoms with Gasteiger partial charge in [0, 0.05) is 36.4 Å². The lowest BCUT2D eigenvalue weighted by Crippen LogP contribution is -2.14. The van der Waals surface area contributed by atoms with Gasteiger partial charge in [-0.1, -0.05) is 17.7 Å². The lowest BCUT2D eigenvalue weighted by Gasteiger charge is -2.13. The fourth-order valence-corrected chi connectivity index (χ4v) is 4.14. The van der Waals surface area contributed by atoms with Crippen LogP contribution in [0.15, 0.2) is 36.5 Å². The maximum atomic E-state index is 12.8. The van der Waals surface area contributed by atoms with Crippen molar-refractivity contribution in [3.63, 3.8) is 0 Å². The number of fused-ring (bicyclic) bond motifs is 1. The maximum absolute atomic E-state index is 12.8. The molecule has 0 unspecified atom stereocenters. The molecule has 9 nitrogen and oxygen atoms in total. The van der Waals surface area contributed by atoms with Crippen LogP contribution in [0.1, 0.15) is 29.6 Å². The van der Waals surface area contributed by atoms with Crippen LogP contribution in [-0.4, -0.2) is 49.6 Å². The minimum atomic E-state index is -0.259. The number of aliphatic hydroxyl groups is 1. The van der Waals surface area contributed by atoms with Gasteiger partial charge in [0.2, 0.25) is 5.95 Å². The number of H-pyrrole nitrogens is 1. The lowest BCUT2D eigenvalue weighted by atomic mass is 9.95. The molecule has 3 N–H and O–H groups in total. The third kappa shape index (κ3) is 3.94. The van der Waals surface area contributed by atoms with Crippen molar-refractivity contribution in [1.29, 1.82) is 0 Å². The van der Waals surface area contributed by atoms with E-state index >= 15 is 0 Å². The topological polar surface area (TPSA) is 118 Å². The molecule has 2 heterocycles. The summed E-state index contributed by atoms with van der Waals surface area (Å²) >= 11 is 6.51. The summed E-state index contributed by atoms with van der Waals surface area (Å²) in [4.78, 5) is 17.4. The Morgan fingerprint density at radius 1 is 1.33 bits per heavy atom. The Morgan fingerprint density at radius 3 is 2.88 bits per heavy atom. The van der Waals surface area contributed by atoms with Crippen LogP contribution in [0.3, 0.4) is 0 Å². The summed E-state index contributed by atoms with van der Waals surface area (Å²) in [7, 11) is 3.31. The Bertz CT molecular complexity index is 1360. The van der Waals surface area contributed by atoms with Gasteiger partial charge >= 0.3 is 0 Å². The summed E-state index contributed by atoms with van der Waals surface area (Å²) < 4.78 is 7.11. The Morgan fingerprint density at radius 2 is 2.15 bits per heavy atom. The van der Waals surface area contributed by atoms with Crippen LogP contribution in [-0.2, 0) is 7.05 Å². The zero-order chi connectivity index (χ0) is 23.2. The van der Waals surface area contributed by atoms with Crippen LogP contribution in [0.25, 0.3) is 22.3 Å². The third-order valence-corrected chi connectivity index (χ3v) is 6.56. The number of aliphatic hydroxyl groups excluding tert-OH is 1. The number of carbonyl (C=O) groups excluding carboxylic acids is 1. The number of aryl methyl sites for hydroxylation is 1. The quantitative estimate of drug-likeness (QED) is 0.334. The van der Waals surface area contributed by atoms with Crippen molar-refractivity contribution in [2.24, 2.45) is 12.5 Å². The van der Waals surface area contributed by atoms with Gasteiger partial charge in [0.05, 0.1) is 35.1 Å². The summed E-state index contributed by atoms with van der Waals surface area (Å²) in [5.41, 5.74) is 2.48. The van der Waals surface area contributed by atoms with Gasteiger partial charge in [0.1, 0.15) is 5.75 Å². The smallest absolute Gasteiger partial charge is 0.225 e. The second kappa shape index (κ2) is 8.17. The normalized spacial score (nSPS) is 14.4. The molecule has 2 aromatic carbocycles. The number of carbonyl (C=O) groups is 1. The molecule has 1 aliphatic rings. The highest BCUT2D eigenvalue weighted by Crippen LogP contribution is 2.49. The highest BCUT2D eigenvalue weighted by molar-refractivity contribution is 6.38. The Labute approximate surface area is 194 Å². The van der Waals surface area contributed by atoms with Crippen molar-refractivity contribution in [2.45, 2.75) is 19.3 Å². The van der Waals surface area contributed by atoms with Crippen molar-refractivity contribution in [3.8, 4) is 17.1 Å². The summed E-state index contributed by atoms with van der Waals surface area (Å²) in [6.07, 6.45) is 3.74. The molecule has 170 valence electrons. The van der Waals surface area contributed by atoms with E-state index in [0.717, 1.165) is 23.7 Å². The van der Waals surface area contributed by atoms with Crippen LogP contribution >= 0.6 is 11.6 Å². The molecule has 0 spiro atoms. The van der Waals surface area contributed by atoms with E-state index in [0.29, 0.717) is 45.8 Å². The predicted octanol–water partition coefficient (Wildman–Crippen LogP) is 4.11. The number of nitrogens with zero attached hydrogens (tertiary/aromatic N) is 4. The van der Waals surface area contributed by atoms with Crippen LogP contribution in [0.4, 0.5) is 11.6 Å². The van der Waals surface area contributed by atoms with E-state index in [1.807, 2.05) is 12.1 Å². The lowest BCUT2D eigenvalue weighted by molar-refractivity contribution is 0.0919. The summed E-state index contributed by atoms with van der Waals surface area (Å²) in [5, 5.41) is 25.5. The average molecular weight is 467 g/mol. The summed E-state index contributed by atoms with van der Waals surface area (Å²) in [6.45, 7) is 0.0321. The number of ketones is 1. The van der Waals surface area contributed by atoms with Crippen molar-refractivity contribution in [1.82, 2.24) is 25.0 Å². The molecule has 0 radical (unpaired) electrons. The highest BCUT2D eigenvalue weighted by Gasteiger charge is 2.44. The van der Waals surface area contributed by atoms with E-state index in [1.54, 1.807) is 36.1 Å². The minimum Gasteiger partial charge on any atom is -0.496 e. The van der Waals surface area contributed by atoms with Crippen molar-refractivity contribution >= 4 is 39.9 Å². The SMILES string of the molecule is COc1cc(-c2nc(Nc3ccc4[nH]ncc4c3Cl)n(C)n2)ccc1C(=O)CC1(CO)CC1. The van der Waals surface area contributed by atoms with Gasteiger partial charge < -0.3 is 15.2 Å². The van der Waals surface area contributed by atoms with Gasteiger partial charge in [-0.05, 0) is 37.1 Å². The third-order valence-electron chi connectivity index (χ3n) is 6.16. The van der Waals surface area contributed by atoms with E-state index in [4.69, 9.17) is 16.3 Å². The van der Waals surface area contributed by atoms with Gasteiger partial charge in [0.25, 0.3) is 0 Å². The molecule has 0 atom stereocenters. The van der Waals surface area contributed by atoms with Crippen molar-refractivity contribution < 1.29 is 14.6 Å². The molecular weight excluding hydrogens is 444 g/mol. The largest absolute Gasteiger partial charge is 0.496 e. The molecule has 2 aromatic heterocycles. The molecule has 10 heteroatoms. The molecule has 33 heavy (non-hydrogen) atoms. The van der Waals surface area contributed by atoms with Crippen LogP contribution in [0.5, 0.6) is 5.75 Å². The number of rotatable bonds is 8. The van der Waals surface area contributed by atoms with E-state index in [1.165, 1.54) is 7.11 Å². The predicted molar refractivity (Wildman–Crippen MR) is 125 cm³/mol. The molecule has 0 bridgehead atoms. The molecule has 4 aromatic rings. The number of hydrogen-bond donors (Lipinski definition) is 3. The van der Waals surface area contributed by atoms with Crippen LogP contribution in [0.2, 0.25) is 5.02 Å². The fraction of sp³-hybridized carbons (Fsp3) is 0.304. The monoisotopic (exact) mass is 466 g/mol. The highest BCUT2D eigenvalue weighted by atomic mass is 35.5. The Kier molecular flexibility index (Phi) is 5.30. The minimum absolute atomic E-state index is 0.0321.